The molecule has 1 N–H and O–H groups in total. The molecule has 1 amide bonds. The van der Waals surface area contributed by atoms with Crippen molar-refractivity contribution in [3.8, 4) is 17.3 Å². The summed E-state index contributed by atoms with van der Waals surface area (Å²) in [5.74, 6) is 1.28. The fourth-order valence-electron chi connectivity index (χ4n) is 3.55. The van der Waals surface area contributed by atoms with Crippen LogP contribution in [0.5, 0.6) is 5.75 Å². The smallest absolute Gasteiger partial charge is 0.263 e. The minimum absolute atomic E-state index is 0.138. The molecule has 34 heavy (non-hydrogen) atoms. The topological polar surface area (TPSA) is 99.8 Å². The van der Waals surface area contributed by atoms with Gasteiger partial charge in [0.2, 0.25) is 0 Å². The first-order valence-electron chi connectivity index (χ1n) is 10.5. The zero-order valence-corrected chi connectivity index (χ0v) is 19.2. The summed E-state index contributed by atoms with van der Waals surface area (Å²) in [6.45, 7) is 3.66. The van der Waals surface area contributed by atoms with Crippen molar-refractivity contribution in [1.82, 2.24) is 29.5 Å². The number of amides is 1. The van der Waals surface area contributed by atoms with Gasteiger partial charge in [0.15, 0.2) is 18.1 Å². The zero-order chi connectivity index (χ0) is 23.7. The van der Waals surface area contributed by atoms with Gasteiger partial charge in [0.05, 0.1) is 23.0 Å². The Hall–Kier alpha value is -4.24. The van der Waals surface area contributed by atoms with Crippen LogP contribution in [0.25, 0.3) is 22.5 Å². The highest BCUT2D eigenvalue weighted by molar-refractivity contribution is 6.30. The van der Waals surface area contributed by atoms with Gasteiger partial charge in [0.1, 0.15) is 17.9 Å². The van der Waals surface area contributed by atoms with Crippen LogP contribution in [0.1, 0.15) is 11.3 Å². The third-order valence-electron chi connectivity index (χ3n) is 5.08. The fourth-order valence-corrected chi connectivity index (χ4v) is 3.68. The van der Waals surface area contributed by atoms with Gasteiger partial charge in [-0.1, -0.05) is 23.7 Å². The molecule has 0 bridgehead atoms. The molecule has 9 nitrogen and oxygen atoms in total. The summed E-state index contributed by atoms with van der Waals surface area (Å²) in [6, 6.07) is 16.6. The number of anilines is 1. The van der Waals surface area contributed by atoms with Crippen LogP contribution in [0.3, 0.4) is 0 Å². The Labute approximate surface area is 200 Å². The average molecular weight is 474 g/mol. The lowest BCUT2D eigenvalue weighted by molar-refractivity contribution is -0.118. The van der Waals surface area contributed by atoms with Crippen molar-refractivity contribution in [2.24, 2.45) is 0 Å². The summed E-state index contributed by atoms with van der Waals surface area (Å²) in [5.41, 5.74) is 3.17. The molecule has 3 heterocycles. The van der Waals surface area contributed by atoms with Crippen LogP contribution in [0, 0.1) is 13.8 Å². The minimum atomic E-state index is -0.315. The van der Waals surface area contributed by atoms with E-state index in [0.717, 1.165) is 11.3 Å². The van der Waals surface area contributed by atoms with Crippen LogP contribution < -0.4 is 10.1 Å². The van der Waals surface area contributed by atoms with Crippen LogP contribution in [0.15, 0.2) is 67.1 Å². The minimum Gasteiger partial charge on any atom is -0.484 e. The summed E-state index contributed by atoms with van der Waals surface area (Å²) in [7, 11) is 0. The molecule has 0 aliphatic rings. The van der Waals surface area contributed by atoms with Gasteiger partial charge in [-0.05, 0) is 55.8 Å². The second kappa shape index (κ2) is 8.95. The van der Waals surface area contributed by atoms with Gasteiger partial charge in [-0.2, -0.15) is 14.9 Å². The number of halogens is 1. The molecule has 0 spiro atoms. The number of nitrogens with zero attached hydrogens (tertiary/aromatic N) is 6. The molecule has 5 rings (SSSR count). The third kappa shape index (κ3) is 4.33. The molecule has 3 aromatic heterocycles. The van der Waals surface area contributed by atoms with Crippen LogP contribution in [0.4, 0.5) is 5.82 Å². The number of fused-ring (bicyclic) bond motifs is 1. The number of hydrogen-bond donors (Lipinski definition) is 1. The van der Waals surface area contributed by atoms with Gasteiger partial charge in [0, 0.05) is 11.1 Å². The lowest BCUT2D eigenvalue weighted by atomic mass is 10.2. The molecule has 0 atom stereocenters. The maximum Gasteiger partial charge on any atom is 0.263 e. The number of hydrogen-bond acceptors (Lipinski definition) is 6. The molecular formula is C24H20ClN7O2. The maximum absolute atomic E-state index is 12.6. The summed E-state index contributed by atoms with van der Waals surface area (Å²) >= 11 is 6.01. The first-order valence-corrected chi connectivity index (χ1v) is 10.9. The van der Waals surface area contributed by atoms with E-state index in [1.165, 1.54) is 6.33 Å². The molecule has 10 heteroatoms. The average Bonchev–Trinajstić information content (AvgIpc) is 3.41. The van der Waals surface area contributed by atoms with E-state index in [1.54, 1.807) is 33.8 Å². The molecule has 0 saturated carbocycles. The summed E-state index contributed by atoms with van der Waals surface area (Å²) in [4.78, 5) is 21.4. The predicted molar refractivity (Wildman–Crippen MR) is 129 cm³/mol. The zero-order valence-electron chi connectivity index (χ0n) is 18.4. The highest BCUT2D eigenvalue weighted by Crippen LogP contribution is 2.24. The van der Waals surface area contributed by atoms with Crippen molar-refractivity contribution >= 4 is 34.4 Å². The monoisotopic (exact) mass is 473 g/mol. The molecule has 2 aromatic carbocycles. The van der Waals surface area contributed by atoms with Crippen molar-refractivity contribution in [1.29, 1.82) is 0 Å². The molecule has 0 aliphatic carbocycles. The number of nitrogens with one attached hydrogen (secondary N) is 1. The van der Waals surface area contributed by atoms with E-state index >= 15 is 0 Å². The van der Waals surface area contributed by atoms with Crippen molar-refractivity contribution in [3.63, 3.8) is 0 Å². The van der Waals surface area contributed by atoms with E-state index in [1.807, 2.05) is 50.2 Å². The molecular weight excluding hydrogens is 454 g/mol. The molecule has 170 valence electrons. The van der Waals surface area contributed by atoms with Gasteiger partial charge in [-0.15, -0.1) is 0 Å². The number of carbonyl (C=O) groups excluding carboxylic acids is 1. The van der Waals surface area contributed by atoms with E-state index in [4.69, 9.17) is 16.3 Å². The fraction of sp³-hybridized carbons (Fsp3) is 0.125. The Balaban J connectivity index is 1.43. The maximum atomic E-state index is 12.6. The Morgan fingerprint density at radius 2 is 1.88 bits per heavy atom. The van der Waals surface area contributed by atoms with Gasteiger partial charge in [-0.25, -0.2) is 14.6 Å². The van der Waals surface area contributed by atoms with E-state index in [-0.39, 0.29) is 12.5 Å². The number of ether oxygens (including phenoxy) is 1. The van der Waals surface area contributed by atoms with E-state index in [0.29, 0.717) is 39.1 Å². The van der Waals surface area contributed by atoms with Crippen molar-refractivity contribution < 1.29 is 9.53 Å². The van der Waals surface area contributed by atoms with E-state index < -0.39 is 0 Å². The summed E-state index contributed by atoms with van der Waals surface area (Å²) in [6.07, 6.45) is 3.11. The van der Waals surface area contributed by atoms with Gasteiger partial charge in [-0.3, -0.25) is 4.79 Å². The lowest BCUT2D eigenvalue weighted by Gasteiger charge is -2.10. The molecule has 0 unspecified atom stereocenters. The van der Waals surface area contributed by atoms with Crippen LogP contribution >= 0.6 is 11.6 Å². The lowest BCUT2D eigenvalue weighted by Crippen LogP contribution is -2.22. The third-order valence-corrected chi connectivity index (χ3v) is 5.33. The standard InChI is InChI=1S/C24H20ClN7O2/c1-15-4-3-5-19(10-15)34-13-22(33)29-21-11-16(2)30-32(21)24-20-12-28-31(23(20)26-14-27-24)18-8-6-17(25)7-9-18/h3-12,14H,13H2,1-2H3,(H,29,33). The van der Waals surface area contributed by atoms with E-state index in [9.17, 15) is 4.79 Å². The highest BCUT2D eigenvalue weighted by atomic mass is 35.5. The van der Waals surface area contributed by atoms with Crippen LogP contribution in [-0.4, -0.2) is 42.0 Å². The first kappa shape index (κ1) is 21.6. The van der Waals surface area contributed by atoms with Gasteiger partial charge < -0.3 is 10.1 Å². The Morgan fingerprint density at radius 1 is 1.06 bits per heavy atom. The second-order valence-corrected chi connectivity index (χ2v) is 8.14. The van der Waals surface area contributed by atoms with E-state index in [2.05, 4.69) is 25.5 Å². The summed E-state index contributed by atoms with van der Waals surface area (Å²) < 4.78 is 8.88. The molecule has 5 aromatic rings. The number of benzene rings is 2. The summed E-state index contributed by atoms with van der Waals surface area (Å²) in [5, 5.41) is 13.2. The molecule has 0 aliphatic heterocycles. The number of carbonyl (C=O) groups is 1. The van der Waals surface area contributed by atoms with Gasteiger partial charge in [0.25, 0.3) is 5.91 Å². The Kier molecular flexibility index (Phi) is 5.69. The highest BCUT2D eigenvalue weighted by Gasteiger charge is 2.18. The van der Waals surface area contributed by atoms with Gasteiger partial charge >= 0.3 is 0 Å². The molecule has 0 fully saturated rings. The van der Waals surface area contributed by atoms with Crippen molar-refractivity contribution in [2.75, 3.05) is 11.9 Å². The normalized spacial score (nSPS) is 11.0. The van der Waals surface area contributed by atoms with Crippen LogP contribution in [0.2, 0.25) is 5.02 Å². The Morgan fingerprint density at radius 3 is 2.68 bits per heavy atom. The van der Waals surface area contributed by atoms with Crippen molar-refractivity contribution in [2.45, 2.75) is 13.8 Å². The number of rotatable bonds is 6. The molecule has 0 radical (unpaired) electrons. The van der Waals surface area contributed by atoms with Crippen molar-refractivity contribution in [3.05, 3.63) is 83.4 Å². The molecule has 0 saturated heterocycles. The number of aromatic nitrogens is 6. The number of aryl methyl sites for hydroxylation is 2. The largest absolute Gasteiger partial charge is 0.484 e. The Bertz CT molecular complexity index is 1490. The SMILES string of the molecule is Cc1cccc(OCC(=O)Nc2cc(C)nn2-c2ncnc3c2cnn3-c2ccc(Cl)cc2)c1. The predicted octanol–water partition coefficient (Wildman–Crippen LogP) is 4.29. The second-order valence-electron chi connectivity index (χ2n) is 7.70. The first-order chi connectivity index (χ1) is 16.5. The quantitative estimate of drug-likeness (QED) is 0.395. The van der Waals surface area contributed by atoms with Crippen LogP contribution in [-0.2, 0) is 4.79 Å².